The summed E-state index contributed by atoms with van der Waals surface area (Å²) >= 11 is 5.98. The molecule has 29 heavy (non-hydrogen) atoms. The number of benzene rings is 2. The Balaban J connectivity index is 1.58. The van der Waals surface area contributed by atoms with Crippen LogP contribution in [-0.4, -0.2) is 47.2 Å². The summed E-state index contributed by atoms with van der Waals surface area (Å²) in [7, 11) is 0. The molecule has 2 heterocycles. The van der Waals surface area contributed by atoms with E-state index < -0.39 is 6.10 Å². The molecule has 1 aliphatic heterocycles. The third-order valence-electron chi connectivity index (χ3n) is 5.12. The van der Waals surface area contributed by atoms with Crippen LogP contribution in [0.15, 0.2) is 59.1 Å². The maximum absolute atomic E-state index is 13.4. The number of amides is 1. The largest absolute Gasteiger partial charge is 0.385 e. The monoisotopic (exact) mass is 411 g/mol. The van der Waals surface area contributed by atoms with Crippen molar-refractivity contribution < 1.29 is 14.4 Å². The fraction of sp³-hybridized carbons (Fsp3) is 0.273. The molecule has 3 aromatic rings. The number of halogens is 1. The standard InChI is InChI=1S/C22H22ClN3O3/c1-15(27)21-19(20(24-29-21)16-7-9-17(23)10-8-16)22(28)26-13-11-25(12-14-26)18-5-3-2-4-6-18/h2-10,15,27H,11-14H2,1H3. The molecular weight excluding hydrogens is 390 g/mol. The van der Waals surface area contributed by atoms with Gasteiger partial charge in [0.1, 0.15) is 17.4 Å². The van der Waals surface area contributed by atoms with Crippen molar-refractivity contribution in [3.05, 3.63) is 70.9 Å². The first-order chi connectivity index (χ1) is 14.0. The van der Waals surface area contributed by atoms with Crippen LogP contribution in [0.5, 0.6) is 0 Å². The Morgan fingerprint density at radius 2 is 1.72 bits per heavy atom. The highest BCUT2D eigenvalue weighted by atomic mass is 35.5. The zero-order valence-corrected chi connectivity index (χ0v) is 16.8. The van der Waals surface area contributed by atoms with E-state index in [4.69, 9.17) is 16.1 Å². The van der Waals surface area contributed by atoms with E-state index in [0.717, 1.165) is 24.3 Å². The van der Waals surface area contributed by atoms with E-state index in [2.05, 4.69) is 22.2 Å². The lowest BCUT2D eigenvalue weighted by atomic mass is 10.0. The minimum absolute atomic E-state index is 0.181. The predicted octanol–water partition coefficient (Wildman–Crippen LogP) is 4.01. The normalized spacial score (nSPS) is 15.4. The Hall–Kier alpha value is -2.83. The molecule has 0 saturated carbocycles. The first kappa shape index (κ1) is 19.5. The van der Waals surface area contributed by atoms with Gasteiger partial charge < -0.3 is 19.4 Å². The van der Waals surface area contributed by atoms with Crippen LogP contribution in [0.1, 0.15) is 29.1 Å². The fourth-order valence-corrected chi connectivity index (χ4v) is 3.69. The van der Waals surface area contributed by atoms with E-state index in [0.29, 0.717) is 29.4 Å². The van der Waals surface area contributed by atoms with Gasteiger partial charge in [0.15, 0.2) is 5.76 Å². The van der Waals surface area contributed by atoms with E-state index in [1.807, 2.05) is 18.2 Å². The van der Waals surface area contributed by atoms with Gasteiger partial charge in [0.2, 0.25) is 0 Å². The molecule has 4 rings (SSSR count). The van der Waals surface area contributed by atoms with Crippen LogP contribution in [0, 0.1) is 0 Å². The van der Waals surface area contributed by atoms with Gasteiger partial charge in [0.25, 0.3) is 5.91 Å². The van der Waals surface area contributed by atoms with Crippen LogP contribution in [0.25, 0.3) is 11.3 Å². The van der Waals surface area contributed by atoms with Crippen molar-refractivity contribution in [2.24, 2.45) is 0 Å². The molecule has 0 radical (unpaired) electrons. The number of aromatic nitrogens is 1. The quantitative estimate of drug-likeness (QED) is 0.702. The van der Waals surface area contributed by atoms with Crippen molar-refractivity contribution in [1.29, 1.82) is 0 Å². The maximum Gasteiger partial charge on any atom is 0.259 e. The molecule has 1 saturated heterocycles. The fourth-order valence-electron chi connectivity index (χ4n) is 3.56. The highest BCUT2D eigenvalue weighted by molar-refractivity contribution is 6.30. The number of para-hydroxylation sites is 1. The van der Waals surface area contributed by atoms with Crippen molar-refractivity contribution in [2.45, 2.75) is 13.0 Å². The SMILES string of the molecule is CC(O)c1onc(-c2ccc(Cl)cc2)c1C(=O)N1CCN(c2ccccc2)CC1. The molecule has 7 heteroatoms. The van der Waals surface area contributed by atoms with Crippen molar-refractivity contribution in [2.75, 3.05) is 31.1 Å². The van der Waals surface area contributed by atoms with Crippen LogP contribution in [0.2, 0.25) is 5.02 Å². The van der Waals surface area contributed by atoms with E-state index >= 15 is 0 Å². The van der Waals surface area contributed by atoms with E-state index in [-0.39, 0.29) is 11.7 Å². The second kappa shape index (κ2) is 8.27. The summed E-state index contributed by atoms with van der Waals surface area (Å²) in [6.45, 7) is 4.20. The number of aliphatic hydroxyl groups excluding tert-OH is 1. The van der Waals surface area contributed by atoms with Gasteiger partial charge in [-0.3, -0.25) is 4.79 Å². The van der Waals surface area contributed by atoms with Gasteiger partial charge in [-0.15, -0.1) is 0 Å². The summed E-state index contributed by atoms with van der Waals surface area (Å²) in [6.07, 6.45) is -0.937. The van der Waals surface area contributed by atoms with Crippen LogP contribution in [0.3, 0.4) is 0 Å². The van der Waals surface area contributed by atoms with Crippen LogP contribution in [0.4, 0.5) is 5.69 Å². The number of anilines is 1. The van der Waals surface area contributed by atoms with Crippen molar-refractivity contribution >= 4 is 23.2 Å². The summed E-state index contributed by atoms with van der Waals surface area (Å²) in [5.41, 5.74) is 2.61. The molecule has 1 unspecified atom stereocenters. The van der Waals surface area contributed by atoms with Gasteiger partial charge in [-0.25, -0.2) is 0 Å². The van der Waals surface area contributed by atoms with E-state index in [9.17, 15) is 9.90 Å². The molecule has 1 aromatic heterocycles. The van der Waals surface area contributed by atoms with Gasteiger partial charge in [0.05, 0.1) is 0 Å². The second-order valence-electron chi connectivity index (χ2n) is 7.07. The number of carbonyl (C=O) groups excluding carboxylic acids is 1. The Morgan fingerprint density at radius 1 is 1.07 bits per heavy atom. The molecule has 0 spiro atoms. The summed E-state index contributed by atoms with van der Waals surface area (Å²) in [5.74, 6) is 0.00486. The molecule has 150 valence electrons. The number of piperazine rings is 1. The Kier molecular flexibility index (Phi) is 5.56. The first-order valence-electron chi connectivity index (χ1n) is 9.57. The lowest BCUT2D eigenvalue weighted by molar-refractivity contribution is 0.0735. The van der Waals surface area contributed by atoms with Crippen LogP contribution in [-0.2, 0) is 0 Å². The average Bonchev–Trinajstić information content (AvgIpc) is 3.20. The lowest BCUT2D eigenvalue weighted by Crippen LogP contribution is -2.49. The number of hydrogen-bond acceptors (Lipinski definition) is 5. The second-order valence-corrected chi connectivity index (χ2v) is 7.50. The smallest absolute Gasteiger partial charge is 0.259 e. The Bertz CT molecular complexity index is 978. The number of rotatable bonds is 4. The molecule has 1 N–H and O–H groups in total. The van der Waals surface area contributed by atoms with Crippen molar-refractivity contribution in [1.82, 2.24) is 10.1 Å². The summed E-state index contributed by atoms with van der Waals surface area (Å²) < 4.78 is 5.35. The highest BCUT2D eigenvalue weighted by Crippen LogP contribution is 2.31. The Labute approximate surface area is 174 Å². The van der Waals surface area contributed by atoms with Crippen molar-refractivity contribution in [3.63, 3.8) is 0 Å². The molecule has 1 aliphatic rings. The third-order valence-corrected chi connectivity index (χ3v) is 5.37. The minimum Gasteiger partial charge on any atom is -0.385 e. The molecule has 0 bridgehead atoms. The summed E-state index contributed by atoms with van der Waals surface area (Å²) in [4.78, 5) is 17.4. The number of hydrogen-bond donors (Lipinski definition) is 1. The van der Waals surface area contributed by atoms with Gasteiger partial charge in [-0.1, -0.05) is 47.1 Å². The zero-order valence-electron chi connectivity index (χ0n) is 16.1. The topological polar surface area (TPSA) is 69.8 Å². The van der Waals surface area contributed by atoms with Crippen LogP contribution >= 0.6 is 11.6 Å². The van der Waals surface area contributed by atoms with Crippen LogP contribution < -0.4 is 4.90 Å². The molecule has 6 nitrogen and oxygen atoms in total. The molecule has 2 aromatic carbocycles. The molecule has 0 aliphatic carbocycles. The zero-order chi connectivity index (χ0) is 20.4. The van der Waals surface area contributed by atoms with Gasteiger partial charge >= 0.3 is 0 Å². The number of carbonyl (C=O) groups is 1. The maximum atomic E-state index is 13.4. The molecule has 1 amide bonds. The molecular formula is C22H22ClN3O3. The number of aliphatic hydroxyl groups is 1. The van der Waals surface area contributed by atoms with Gasteiger partial charge in [0, 0.05) is 42.5 Å². The number of nitrogens with zero attached hydrogens (tertiary/aromatic N) is 3. The van der Waals surface area contributed by atoms with Crippen molar-refractivity contribution in [3.8, 4) is 11.3 Å². The van der Waals surface area contributed by atoms with E-state index in [1.165, 1.54) is 0 Å². The molecule has 1 fully saturated rings. The first-order valence-corrected chi connectivity index (χ1v) is 9.95. The third kappa shape index (κ3) is 3.99. The molecule has 1 atom stereocenters. The van der Waals surface area contributed by atoms with Gasteiger partial charge in [-0.05, 0) is 31.2 Å². The lowest BCUT2D eigenvalue weighted by Gasteiger charge is -2.36. The minimum atomic E-state index is -0.937. The summed E-state index contributed by atoms with van der Waals surface area (Å²) in [6, 6.07) is 17.2. The Morgan fingerprint density at radius 3 is 2.34 bits per heavy atom. The average molecular weight is 412 g/mol. The predicted molar refractivity (Wildman–Crippen MR) is 112 cm³/mol. The highest BCUT2D eigenvalue weighted by Gasteiger charge is 2.31. The van der Waals surface area contributed by atoms with Gasteiger partial charge in [-0.2, -0.15) is 0 Å². The summed E-state index contributed by atoms with van der Waals surface area (Å²) in [5, 5.41) is 14.8. The van der Waals surface area contributed by atoms with E-state index in [1.54, 1.807) is 36.1 Å².